The molecule has 1 N–H and O–H groups in total. The van der Waals surface area contributed by atoms with E-state index in [1.165, 1.54) is 16.6 Å². The average molecular weight is 566 g/mol. The van der Waals surface area contributed by atoms with Crippen LogP contribution in [0.5, 0.6) is 5.75 Å². The number of H-pyrrole nitrogens is 1. The molecule has 0 fully saturated rings. The van der Waals surface area contributed by atoms with Gasteiger partial charge in [-0.1, -0.05) is 60.1 Å². The number of nitrogens with zero attached hydrogens (tertiary/aromatic N) is 2. The second kappa shape index (κ2) is 12.7. The van der Waals surface area contributed by atoms with E-state index in [0.717, 1.165) is 11.1 Å². The first-order chi connectivity index (χ1) is 17.2. The normalized spacial score (nSPS) is 11.1. The molecule has 3 aromatic carbocycles. The summed E-state index contributed by atoms with van der Waals surface area (Å²) in [4.78, 5) is 38.6. The first-order valence-electron chi connectivity index (χ1n) is 11.0. The third-order valence-electron chi connectivity index (χ3n) is 5.67. The molecule has 182 valence electrons. The van der Waals surface area contributed by atoms with Crippen molar-refractivity contribution in [3.8, 4) is 28.1 Å². The van der Waals surface area contributed by atoms with Gasteiger partial charge in [0.1, 0.15) is 19.2 Å². The van der Waals surface area contributed by atoms with Gasteiger partial charge in [-0.05, 0) is 47.9 Å². The number of phosphoric acid groups is 1. The molecule has 0 atom stereocenters. The van der Waals surface area contributed by atoms with Crippen LogP contribution in [0.25, 0.3) is 28.0 Å². The van der Waals surface area contributed by atoms with Gasteiger partial charge in [0.05, 0.1) is 11.4 Å². The number of aromatic amines is 1. The van der Waals surface area contributed by atoms with Crippen LogP contribution in [0.1, 0.15) is 16.8 Å². The van der Waals surface area contributed by atoms with Crippen molar-refractivity contribution in [2.45, 2.75) is 13.3 Å². The van der Waals surface area contributed by atoms with Crippen LogP contribution in [0.15, 0.2) is 83.7 Å². The number of aromatic nitrogens is 3. The van der Waals surface area contributed by atoms with E-state index in [0.29, 0.717) is 33.9 Å². The van der Waals surface area contributed by atoms with E-state index in [4.69, 9.17) is 21.2 Å². The van der Waals surface area contributed by atoms with Crippen molar-refractivity contribution in [2.75, 3.05) is 0 Å². The summed E-state index contributed by atoms with van der Waals surface area (Å²) in [5.74, 6) is -0.177. The molecule has 0 bridgehead atoms. The summed E-state index contributed by atoms with van der Waals surface area (Å²) in [5, 5.41) is 5.38. The molecule has 8 nitrogen and oxygen atoms in total. The quantitative estimate of drug-likeness (QED) is 0.190. The number of rotatable bonds is 6. The number of phosphoric ester groups is 1. The van der Waals surface area contributed by atoms with Crippen LogP contribution in [0.4, 0.5) is 0 Å². The van der Waals surface area contributed by atoms with Crippen LogP contribution in [-0.4, -0.2) is 14.6 Å². The summed E-state index contributed by atoms with van der Waals surface area (Å²) in [6.07, 6.45) is 0.468. The molecule has 0 aliphatic rings. The van der Waals surface area contributed by atoms with Crippen molar-refractivity contribution in [1.82, 2.24) is 14.6 Å². The maximum Gasteiger partial charge on any atom is 1.00 e. The monoisotopic (exact) mass is 565 g/mol. The summed E-state index contributed by atoms with van der Waals surface area (Å²) >= 11 is 6.11. The maximum absolute atomic E-state index is 12.8. The summed E-state index contributed by atoms with van der Waals surface area (Å²) in [5.41, 5.74) is 4.33. The van der Waals surface area contributed by atoms with E-state index in [-0.39, 0.29) is 76.1 Å². The molecule has 38 heavy (non-hydrogen) atoms. The zero-order valence-electron chi connectivity index (χ0n) is 21.0. The molecule has 5 rings (SSSR count). The number of nitrogens with one attached hydrogen (secondary N) is 1. The fraction of sp³-hybridized carbons (Fsp3) is 0.0769. The molecule has 2 aromatic heterocycles. The van der Waals surface area contributed by atoms with Gasteiger partial charge in [0.2, 0.25) is 0 Å². The van der Waals surface area contributed by atoms with Crippen molar-refractivity contribution in [1.29, 1.82) is 0 Å². The number of hydrogen-bond donors (Lipinski definition) is 1. The van der Waals surface area contributed by atoms with Gasteiger partial charge in [-0.2, -0.15) is 5.10 Å². The fourth-order valence-electron chi connectivity index (χ4n) is 4.15. The molecular weight excluding hydrogens is 547 g/mol. The first-order valence-corrected chi connectivity index (χ1v) is 12.8. The molecular formula is C26H19ClN3Na2O5P. The Morgan fingerprint density at radius 1 is 1.00 bits per heavy atom. The first kappa shape index (κ1) is 30.9. The minimum absolute atomic E-state index is 0. The van der Waals surface area contributed by atoms with Crippen LogP contribution < -0.4 is 79.0 Å². The van der Waals surface area contributed by atoms with E-state index in [1.807, 2.05) is 42.5 Å². The summed E-state index contributed by atoms with van der Waals surface area (Å²) in [6, 6.07) is 23.0. The van der Waals surface area contributed by atoms with Gasteiger partial charge >= 0.3 is 59.1 Å². The molecule has 2 heterocycles. The number of fused-ring (bicyclic) bond motifs is 1. The van der Waals surface area contributed by atoms with E-state index in [1.54, 1.807) is 31.2 Å². The van der Waals surface area contributed by atoms with Gasteiger partial charge in [0, 0.05) is 28.6 Å². The molecule has 0 radical (unpaired) electrons. The molecule has 0 aliphatic carbocycles. The number of aryl methyl sites for hydroxylation is 1. The van der Waals surface area contributed by atoms with Crippen molar-refractivity contribution >= 4 is 25.1 Å². The van der Waals surface area contributed by atoms with E-state index in [2.05, 4.69) is 4.98 Å². The second-order valence-corrected chi connectivity index (χ2v) is 9.82. The SMILES string of the molecule is Cc1ccc(-c2cc(=O)[nH]c3c(-c4ccc(Cl)cc4)c(Cc4ccccc4)nn23)c(OP(=O)([O-])[O-])c1.[Na+].[Na+]. The van der Waals surface area contributed by atoms with Gasteiger partial charge in [0.15, 0.2) is 0 Å². The van der Waals surface area contributed by atoms with Gasteiger partial charge in [-0.25, -0.2) is 4.52 Å². The summed E-state index contributed by atoms with van der Waals surface area (Å²) < 4.78 is 17.7. The molecule has 5 aromatic rings. The predicted molar refractivity (Wildman–Crippen MR) is 134 cm³/mol. The Kier molecular flexibility index (Phi) is 10.3. The van der Waals surface area contributed by atoms with Crippen molar-refractivity contribution in [3.63, 3.8) is 0 Å². The average Bonchev–Trinajstić information content (AvgIpc) is 3.16. The van der Waals surface area contributed by atoms with Gasteiger partial charge in [0.25, 0.3) is 5.56 Å². The standard InChI is InChI=1S/C26H21ClN3O5P.2Na/c1-16-7-12-20(23(13-16)35-36(32,33)34)22-15-24(31)28-26-25(18-8-10-19(27)11-9-18)21(29-30(22)26)14-17-5-3-2-4-6-17;;/h2-13,15H,14H2,1H3,(H,28,31)(H2,32,33,34);;/q;2*+1/p-2. The smallest absolute Gasteiger partial charge is 0.780 e. The Morgan fingerprint density at radius 2 is 1.68 bits per heavy atom. The van der Waals surface area contributed by atoms with Crippen molar-refractivity contribution < 1.29 is 78.0 Å². The van der Waals surface area contributed by atoms with Gasteiger partial charge in [-0.3, -0.25) is 4.79 Å². The van der Waals surface area contributed by atoms with E-state index >= 15 is 0 Å². The topological polar surface area (TPSA) is 123 Å². The van der Waals surface area contributed by atoms with Crippen LogP contribution in [-0.2, 0) is 11.0 Å². The Morgan fingerprint density at radius 3 is 2.34 bits per heavy atom. The minimum atomic E-state index is -5.36. The maximum atomic E-state index is 12.8. The number of hydrogen-bond acceptors (Lipinski definition) is 6. The molecule has 0 saturated heterocycles. The van der Waals surface area contributed by atoms with Crippen molar-refractivity contribution in [3.05, 3.63) is 111 Å². The fourth-order valence-corrected chi connectivity index (χ4v) is 4.67. The predicted octanol–water partition coefficient (Wildman–Crippen LogP) is -1.88. The Hall–Kier alpha value is -1.68. The van der Waals surface area contributed by atoms with Crippen LogP contribution in [0.2, 0.25) is 5.02 Å². The number of benzene rings is 3. The Bertz CT molecular complexity index is 1690. The summed E-state index contributed by atoms with van der Waals surface area (Å²) in [6.45, 7) is 1.73. The van der Waals surface area contributed by atoms with Gasteiger partial charge in [-0.15, -0.1) is 0 Å². The zero-order chi connectivity index (χ0) is 25.4. The van der Waals surface area contributed by atoms with Gasteiger partial charge < -0.3 is 23.9 Å². The van der Waals surface area contributed by atoms with Crippen LogP contribution in [0, 0.1) is 6.92 Å². The van der Waals surface area contributed by atoms with Crippen LogP contribution >= 0.6 is 19.4 Å². The zero-order valence-corrected chi connectivity index (χ0v) is 26.6. The third kappa shape index (κ3) is 6.90. The summed E-state index contributed by atoms with van der Waals surface area (Å²) in [7, 11) is -5.36. The molecule has 0 aliphatic heterocycles. The minimum Gasteiger partial charge on any atom is -0.780 e. The third-order valence-corrected chi connectivity index (χ3v) is 6.34. The second-order valence-electron chi connectivity index (χ2n) is 8.31. The van der Waals surface area contributed by atoms with Crippen molar-refractivity contribution in [2.24, 2.45) is 0 Å². The molecule has 0 spiro atoms. The number of halogens is 1. The Labute approximate surface area is 267 Å². The largest absolute Gasteiger partial charge is 1.00 e. The molecule has 0 unspecified atom stereocenters. The Balaban J connectivity index is 0.00000200. The molecule has 12 heteroatoms. The molecule has 0 amide bonds. The van der Waals surface area contributed by atoms with Crippen LogP contribution in [0.3, 0.4) is 0 Å². The molecule has 0 saturated carbocycles. The van der Waals surface area contributed by atoms with E-state index < -0.39 is 13.4 Å². The van der Waals surface area contributed by atoms with E-state index in [9.17, 15) is 19.1 Å².